The number of anilines is 1. The molecule has 0 saturated carbocycles. The largest absolute Gasteiger partial charge is 0.454 e. The summed E-state index contributed by atoms with van der Waals surface area (Å²) in [7, 11) is -2.21. The van der Waals surface area contributed by atoms with Gasteiger partial charge in [-0.15, -0.1) is 0 Å². The van der Waals surface area contributed by atoms with Gasteiger partial charge in [0.2, 0.25) is 16.8 Å². The fourth-order valence-corrected chi connectivity index (χ4v) is 4.33. The van der Waals surface area contributed by atoms with Crippen LogP contribution >= 0.6 is 0 Å². The first-order chi connectivity index (χ1) is 15.9. The van der Waals surface area contributed by atoms with E-state index in [9.17, 15) is 13.2 Å². The molecular formula is C24H19N3O5S. The first-order valence-corrected chi connectivity index (χ1v) is 11.6. The molecular weight excluding hydrogens is 442 g/mol. The average molecular weight is 461 g/mol. The number of fused-ring (bicyclic) bond motifs is 2. The number of para-hydroxylation sites is 1. The molecule has 0 unspecified atom stereocenters. The molecule has 0 fully saturated rings. The topological polar surface area (TPSA) is 107 Å². The number of rotatable bonds is 5. The standard InChI is InChI=1S/C24H19N3O5S/c1-25-33(29,30)17-9-7-16(8-10-17)26-24(28)19-13-21(27-20-5-3-2-4-18(19)20)15-6-11-22-23(12-15)32-14-31-22/h2-13,25H,14H2,1H3,(H,26,28). The molecule has 0 atom stereocenters. The van der Waals surface area contributed by atoms with Crippen LogP contribution in [-0.4, -0.2) is 33.1 Å². The van der Waals surface area contributed by atoms with E-state index >= 15 is 0 Å². The monoisotopic (exact) mass is 461 g/mol. The number of nitrogens with one attached hydrogen (secondary N) is 2. The summed E-state index contributed by atoms with van der Waals surface area (Å²) >= 11 is 0. The number of sulfonamides is 1. The smallest absolute Gasteiger partial charge is 0.256 e. The molecule has 166 valence electrons. The van der Waals surface area contributed by atoms with Crippen molar-refractivity contribution in [3.63, 3.8) is 0 Å². The maximum Gasteiger partial charge on any atom is 0.256 e. The Morgan fingerprint density at radius 3 is 2.48 bits per heavy atom. The van der Waals surface area contributed by atoms with Crippen molar-refractivity contribution >= 4 is 32.5 Å². The molecule has 0 spiro atoms. The molecule has 0 radical (unpaired) electrons. The second kappa shape index (κ2) is 8.19. The molecule has 5 rings (SSSR count). The molecule has 33 heavy (non-hydrogen) atoms. The fourth-order valence-electron chi connectivity index (χ4n) is 3.60. The van der Waals surface area contributed by atoms with E-state index in [0.717, 1.165) is 5.56 Å². The Balaban J connectivity index is 1.51. The minimum atomic E-state index is -3.56. The molecule has 3 aromatic carbocycles. The highest BCUT2D eigenvalue weighted by molar-refractivity contribution is 7.89. The van der Waals surface area contributed by atoms with Crippen molar-refractivity contribution < 1.29 is 22.7 Å². The molecule has 4 aromatic rings. The number of ether oxygens (including phenoxy) is 2. The Hall–Kier alpha value is -3.95. The van der Waals surface area contributed by atoms with Gasteiger partial charge >= 0.3 is 0 Å². The van der Waals surface area contributed by atoms with Crippen LogP contribution in [0.1, 0.15) is 10.4 Å². The lowest BCUT2D eigenvalue weighted by atomic mass is 10.0. The normalized spacial score (nSPS) is 12.6. The number of carbonyl (C=O) groups excluding carboxylic acids is 1. The third-order valence-corrected chi connectivity index (χ3v) is 6.75. The predicted molar refractivity (Wildman–Crippen MR) is 124 cm³/mol. The van der Waals surface area contributed by atoms with Gasteiger partial charge in [0.15, 0.2) is 11.5 Å². The highest BCUT2D eigenvalue weighted by Crippen LogP contribution is 2.36. The van der Waals surface area contributed by atoms with Crippen molar-refractivity contribution in [2.24, 2.45) is 0 Å². The molecule has 2 N–H and O–H groups in total. The van der Waals surface area contributed by atoms with E-state index in [1.165, 1.54) is 19.2 Å². The maximum absolute atomic E-state index is 13.2. The van der Waals surface area contributed by atoms with Gasteiger partial charge in [-0.1, -0.05) is 18.2 Å². The zero-order valence-electron chi connectivity index (χ0n) is 17.5. The van der Waals surface area contributed by atoms with E-state index in [0.29, 0.717) is 39.3 Å². The Morgan fingerprint density at radius 1 is 0.939 bits per heavy atom. The van der Waals surface area contributed by atoms with E-state index in [1.54, 1.807) is 18.2 Å². The lowest BCUT2D eigenvalue weighted by Crippen LogP contribution is -2.18. The summed E-state index contributed by atoms with van der Waals surface area (Å²) in [6.07, 6.45) is 0. The van der Waals surface area contributed by atoms with Crippen LogP contribution in [0.25, 0.3) is 22.2 Å². The molecule has 2 heterocycles. The van der Waals surface area contributed by atoms with Gasteiger partial charge in [-0.25, -0.2) is 18.1 Å². The van der Waals surface area contributed by atoms with E-state index in [4.69, 9.17) is 14.5 Å². The van der Waals surface area contributed by atoms with Crippen LogP contribution in [0.3, 0.4) is 0 Å². The Bertz CT molecular complexity index is 1480. The number of hydrogen-bond acceptors (Lipinski definition) is 6. The first-order valence-electron chi connectivity index (χ1n) is 10.1. The second-order valence-electron chi connectivity index (χ2n) is 7.33. The van der Waals surface area contributed by atoms with Gasteiger partial charge < -0.3 is 14.8 Å². The van der Waals surface area contributed by atoms with Crippen LogP contribution < -0.4 is 19.5 Å². The summed E-state index contributed by atoms with van der Waals surface area (Å²) in [4.78, 5) is 18.1. The van der Waals surface area contributed by atoms with Gasteiger partial charge in [0.05, 0.1) is 21.7 Å². The van der Waals surface area contributed by atoms with E-state index in [-0.39, 0.29) is 17.6 Å². The van der Waals surface area contributed by atoms with Crippen LogP contribution in [0.15, 0.2) is 77.7 Å². The lowest BCUT2D eigenvalue weighted by Gasteiger charge is -2.11. The maximum atomic E-state index is 13.2. The van der Waals surface area contributed by atoms with Crippen molar-refractivity contribution in [2.45, 2.75) is 4.90 Å². The van der Waals surface area contributed by atoms with Gasteiger partial charge in [-0.05, 0) is 61.6 Å². The molecule has 0 saturated heterocycles. The van der Waals surface area contributed by atoms with Gasteiger partial charge in [0, 0.05) is 16.6 Å². The number of benzene rings is 3. The summed E-state index contributed by atoms with van der Waals surface area (Å²) < 4.78 is 37.0. The molecule has 0 aliphatic carbocycles. The van der Waals surface area contributed by atoms with Crippen molar-refractivity contribution in [1.29, 1.82) is 0 Å². The van der Waals surface area contributed by atoms with Crippen LogP contribution in [0.4, 0.5) is 5.69 Å². The quantitative estimate of drug-likeness (QED) is 0.468. The van der Waals surface area contributed by atoms with Gasteiger partial charge in [0.1, 0.15) is 0 Å². The molecule has 8 nitrogen and oxygen atoms in total. The van der Waals surface area contributed by atoms with Gasteiger partial charge in [-0.2, -0.15) is 0 Å². The molecule has 9 heteroatoms. The molecule has 1 aromatic heterocycles. The Labute approximate surface area is 190 Å². The van der Waals surface area contributed by atoms with Crippen molar-refractivity contribution in [1.82, 2.24) is 9.71 Å². The third kappa shape index (κ3) is 3.99. The first kappa shape index (κ1) is 20.9. The number of nitrogens with zero attached hydrogens (tertiary/aromatic N) is 1. The van der Waals surface area contributed by atoms with Gasteiger partial charge in [-0.3, -0.25) is 4.79 Å². The van der Waals surface area contributed by atoms with Crippen molar-refractivity contribution in [3.05, 3.63) is 78.4 Å². The Morgan fingerprint density at radius 2 is 1.70 bits per heavy atom. The minimum Gasteiger partial charge on any atom is -0.454 e. The average Bonchev–Trinajstić information content (AvgIpc) is 3.31. The number of aromatic nitrogens is 1. The molecule has 0 bridgehead atoms. The third-order valence-electron chi connectivity index (χ3n) is 5.32. The van der Waals surface area contributed by atoms with E-state index in [2.05, 4.69) is 10.0 Å². The summed E-state index contributed by atoms with van der Waals surface area (Å²) in [5, 5.41) is 3.54. The van der Waals surface area contributed by atoms with Crippen LogP contribution in [0, 0.1) is 0 Å². The summed E-state index contributed by atoms with van der Waals surface area (Å²) in [5.74, 6) is 0.964. The molecule has 1 aliphatic heterocycles. The van der Waals surface area contributed by atoms with Crippen LogP contribution in [-0.2, 0) is 10.0 Å². The summed E-state index contributed by atoms with van der Waals surface area (Å²) in [5.41, 5.74) is 3.00. The fraction of sp³-hybridized carbons (Fsp3) is 0.0833. The Kier molecular flexibility index (Phi) is 5.20. The van der Waals surface area contributed by atoms with E-state index in [1.807, 2.05) is 42.5 Å². The highest BCUT2D eigenvalue weighted by Gasteiger charge is 2.18. The zero-order valence-corrected chi connectivity index (χ0v) is 18.3. The molecule has 1 aliphatic rings. The van der Waals surface area contributed by atoms with Crippen molar-refractivity contribution in [3.8, 4) is 22.8 Å². The number of amides is 1. The van der Waals surface area contributed by atoms with E-state index < -0.39 is 10.0 Å². The van der Waals surface area contributed by atoms with Crippen molar-refractivity contribution in [2.75, 3.05) is 19.2 Å². The minimum absolute atomic E-state index is 0.113. The second-order valence-corrected chi connectivity index (χ2v) is 9.21. The molecule has 1 amide bonds. The van der Waals surface area contributed by atoms with Crippen LogP contribution in [0.5, 0.6) is 11.5 Å². The van der Waals surface area contributed by atoms with Crippen LogP contribution in [0.2, 0.25) is 0 Å². The zero-order chi connectivity index (χ0) is 23.0. The summed E-state index contributed by atoms with van der Waals surface area (Å²) in [6.45, 7) is 0.173. The highest BCUT2D eigenvalue weighted by atomic mass is 32.2. The number of hydrogen-bond donors (Lipinski definition) is 2. The SMILES string of the molecule is CNS(=O)(=O)c1ccc(NC(=O)c2cc(-c3ccc4c(c3)OCO4)nc3ccccc23)cc1. The summed E-state index contributed by atoms with van der Waals surface area (Å²) in [6, 6.07) is 20.6. The predicted octanol–water partition coefficient (Wildman–Crippen LogP) is 3.79. The van der Waals surface area contributed by atoms with Gasteiger partial charge in [0.25, 0.3) is 5.91 Å². The number of carbonyl (C=O) groups is 1. The number of pyridine rings is 1. The lowest BCUT2D eigenvalue weighted by molar-refractivity contribution is 0.102.